The number of amides is 2. The summed E-state index contributed by atoms with van der Waals surface area (Å²) in [6.07, 6.45) is -3.36. The summed E-state index contributed by atoms with van der Waals surface area (Å²) >= 11 is 0. The first-order valence-electron chi connectivity index (χ1n) is 15.0. The van der Waals surface area contributed by atoms with E-state index in [0.29, 0.717) is 44.6 Å². The van der Waals surface area contributed by atoms with Gasteiger partial charge in [0.2, 0.25) is 0 Å². The van der Waals surface area contributed by atoms with Gasteiger partial charge in [-0.25, -0.2) is 0 Å². The first-order chi connectivity index (χ1) is 20.6. The lowest BCUT2D eigenvalue weighted by Gasteiger charge is -2.33. The molecular weight excluding hydrogens is 553 g/mol. The zero-order valence-corrected chi connectivity index (χ0v) is 24.6. The second-order valence-corrected chi connectivity index (χ2v) is 12.1. The van der Waals surface area contributed by atoms with Crippen LogP contribution >= 0.6 is 0 Å². The van der Waals surface area contributed by atoms with Crippen LogP contribution in [0.25, 0.3) is 11.1 Å². The highest BCUT2D eigenvalue weighted by molar-refractivity contribution is 6.01. The third-order valence-electron chi connectivity index (χ3n) is 9.27. The van der Waals surface area contributed by atoms with Crippen molar-refractivity contribution in [3.05, 3.63) is 94.5 Å². The van der Waals surface area contributed by atoms with E-state index in [1.165, 1.54) is 12.1 Å². The lowest BCUT2D eigenvalue weighted by Crippen LogP contribution is -2.44. The lowest BCUT2D eigenvalue weighted by atomic mass is 9.97. The minimum absolute atomic E-state index is 0.0459. The quantitative estimate of drug-likeness (QED) is 0.391. The van der Waals surface area contributed by atoms with Gasteiger partial charge < -0.3 is 14.7 Å². The van der Waals surface area contributed by atoms with Crippen molar-refractivity contribution in [3.8, 4) is 11.1 Å². The normalized spacial score (nSPS) is 21.3. The van der Waals surface area contributed by atoms with Crippen LogP contribution in [0.2, 0.25) is 0 Å². The van der Waals surface area contributed by atoms with Crippen molar-refractivity contribution >= 4 is 11.8 Å². The van der Waals surface area contributed by atoms with Crippen LogP contribution in [0.15, 0.2) is 66.7 Å². The van der Waals surface area contributed by atoms with Crippen molar-refractivity contribution < 1.29 is 22.8 Å². The van der Waals surface area contributed by atoms with E-state index >= 15 is 0 Å². The number of aryl methyl sites for hydroxylation is 1. The number of hydrogen-bond donors (Lipinski definition) is 0. The van der Waals surface area contributed by atoms with E-state index in [1.54, 1.807) is 4.90 Å². The molecule has 2 atom stereocenters. The van der Waals surface area contributed by atoms with Crippen LogP contribution in [0.4, 0.5) is 13.2 Å². The summed E-state index contributed by atoms with van der Waals surface area (Å²) < 4.78 is 42.5. The molecule has 0 spiro atoms. The average molecular weight is 591 g/mol. The summed E-state index contributed by atoms with van der Waals surface area (Å²) in [5.41, 5.74) is 3.06. The standard InChI is InChI=1S/C34H37F3N4O2/c1-23-7-9-24(10-8-23)27-5-3-4-6-28(27)33(43)41-16-14-30-31(41)13-15-40(30)32(42)25-11-12-26(29(21-25)34(35,36)37)22-39-19-17-38(2)18-20-39/h3-12,21,30-31H,13-20,22H2,1-2H3/t30-,31+/m0/s1. The maximum atomic E-state index is 14.2. The maximum absolute atomic E-state index is 14.2. The number of nitrogens with zero attached hydrogens (tertiary/aromatic N) is 4. The molecule has 6 rings (SSSR count). The van der Waals surface area contributed by atoms with Crippen LogP contribution in [-0.2, 0) is 12.7 Å². The van der Waals surface area contributed by atoms with Gasteiger partial charge in [-0.05, 0) is 61.7 Å². The fraction of sp³-hybridized carbons (Fsp3) is 0.412. The van der Waals surface area contributed by atoms with E-state index in [0.717, 1.165) is 35.8 Å². The predicted molar refractivity (Wildman–Crippen MR) is 160 cm³/mol. The molecule has 0 aliphatic carbocycles. The van der Waals surface area contributed by atoms with Crippen LogP contribution in [0, 0.1) is 6.92 Å². The van der Waals surface area contributed by atoms with Gasteiger partial charge in [0.05, 0.1) is 17.6 Å². The Hall–Kier alpha value is -3.69. The van der Waals surface area contributed by atoms with Crippen molar-refractivity contribution in [2.45, 2.75) is 44.6 Å². The van der Waals surface area contributed by atoms with Crippen LogP contribution in [0.1, 0.15) is 50.2 Å². The molecule has 43 heavy (non-hydrogen) atoms. The second kappa shape index (κ2) is 11.8. The molecule has 0 aromatic heterocycles. The molecule has 3 aliphatic rings. The molecule has 0 N–H and O–H groups in total. The fourth-order valence-corrected chi connectivity index (χ4v) is 6.82. The van der Waals surface area contributed by atoms with Crippen molar-refractivity contribution in [1.29, 1.82) is 0 Å². The van der Waals surface area contributed by atoms with Gasteiger partial charge in [-0.15, -0.1) is 0 Å². The summed E-state index contributed by atoms with van der Waals surface area (Å²) in [6.45, 7) is 6.16. The van der Waals surface area contributed by atoms with Crippen molar-refractivity contribution in [2.24, 2.45) is 0 Å². The Balaban J connectivity index is 1.19. The summed E-state index contributed by atoms with van der Waals surface area (Å²) in [4.78, 5) is 35.2. The number of benzene rings is 3. The third-order valence-corrected chi connectivity index (χ3v) is 9.27. The van der Waals surface area contributed by atoms with Gasteiger partial charge in [0.15, 0.2) is 0 Å². The summed E-state index contributed by atoms with van der Waals surface area (Å²) in [6, 6.07) is 19.3. The number of carbonyl (C=O) groups excluding carboxylic acids is 2. The zero-order chi connectivity index (χ0) is 30.3. The molecular formula is C34H37F3N4O2. The van der Waals surface area contributed by atoms with Gasteiger partial charge in [-0.1, -0.05) is 54.1 Å². The molecule has 226 valence electrons. The Morgan fingerprint density at radius 2 is 1.42 bits per heavy atom. The number of likely N-dealkylation sites (N-methyl/N-ethyl adjacent to an activating group) is 1. The number of alkyl halides is 3. The number of carbonyl (C=O) groups is 2. The molecule has 6 nitrogen and oxygen atoms in total. The Morgan fingerprint density at radius 3 is 2.07 bits per heavy atom. The topological polar surface area (TPSA) is 47.1 Å². The highest BCUT2D eigenvalue weighted by Crippen LogP contribution is 2.37. The lowest BCUT2D eigenvalue weighted by molar-refractivity contribution is -0.138. The van der Waals surface area contributed by atoms with Crippen LogP contribution < -0.4 is 0 Å². The van der Waals surface area contributed by atoms with Gasteiger partial charge in [-0.3, -0.25) is 14.5 Å². The van der Waals surface area contributed by atoms with E-state index in [-0.39, 0.29) is 35.7 Å². The van der Waals surface area contributed by atoms with Crippen molar-refractivity contribution in [3.63, 3.8) is 0 Å². The molecule has 3 aliphatic heterocycles. The number of rotatable bonds is 5. The highest BCUT2D eigenvalue weighted by atomic mass is 19.4. The molecule has 0 bridgehead atoms. The van der Waals surface area contributed by atoms with Gasteiger partial charge in [0, 0.05) is 56.9 Å². The Bertz CT molecular complexity index is 1500. The molecule has 2 amide bonds. The Labute approximate surface area is 250 Å². The first kappa shape index (κ1) is 29.4. The monoisotopic (exact) mass is 590 g/mol. The predicted octanol–water partition coefficient (Wildman–Crippen LogP) is 5.56. The molecule has 3 aromatic carbocycles. The SMILES string of the molecule is Cc1ccc(-c2ccccc2C(=O)N2CC[C@H]3[C@H]2CCN3C(=O)c2ccc(CN3CCN(C)CC3)c(C(F)(F)F)c2)cc1. The van der Waals surface area contributed by atoms with E-state index in [9.17, 15) is 22.8 Å². The van der Waals surface area contributed by atoms with Crippen LogP contribution in [0.3, 0.4) is 0 Å². The van der Waals surface area contributed by atoms with Crippen molar-refractivity contribution in [1.82, 2.24) is 19.6 Å². The minimum atomic E-state index is -4.56. The van der Waals surface area contributed by atoms with Gasteiger partial charge in [0.1, 0.15) is 0 Å². The molecule has 3 aromatic rings. The van der Waals surface area contributed by atoms with Crippen molar-refractivity contribution in [2.75, 3.05) is 46.3 Å². The largest absolute Gasteiger partial charge is 0.416 e. The number of likely N-dealkylation sites (tertiary alicyclic amines) is 2. The van der Waals surface area contributed by atoms with Crippen LogP contribution in [-0.4, -0.2) is 89.8 Å². The Kier molecular flexibility index (Phi) is 8.04. The van der Waals surface area contributed by atoms with Crippen LogP contribution in [0.5, 0.6) is 0 Å². The van der Waals surface area contributed by atoms with Gasteiger partial charge >= 0.3 is 6.18 Å². The molecule has 9 heteroatoms. The summed E-state index contributed by atoms with van der Waals surface area (Å²) in [5.74, 6) is -0.482. The molecule has 3 saturated heterocycles. The van der Waals surface area contributed by atoms with E-state index in [2.05, 4.69) is 4.90 Å². The number of halogens is 3. The summed E-state index contributed by atoms with van der Waals surface area (Å²) in [7, 11) is 2.01. The molecule has 3 fully saturated rings. The smallest absolute Gasteiger partial charge is 0.333 e. The fourth-order valence-electron chi connectivity index (χ4n) is 6.82. The zero-order valence-electron chi connectivity index (χ0n) is 24.6. The minimum Gasteiger partial charge on any atom is -0.333 e. The van der Waals surface area contributed by atoms with E-state index in [4.69, 9.17) is 0 Å². The first-order valence-corrected chi connectivity index (χ1v) is 15.0. The third kappa shape index (κ3) is 5.93. The van der Waals surface area contributed by atoms with E-state index in [1.807, 2.05) is 72.3 Å². The highest BCUT2D eigenvalue weighted by Gasteiger charge is 2.47. The summed E-state index contributed by atoms with van der Waals surface area (Å²) in [5, 5.41) is 0. The van der Waals surface area contributed by atoms with E-state index < -0.39 is 17.6 Å². The van der Waals surface area contributed by atoms with Gasteiger partial charge in [-0.2, -0.15) is 13.2 Å². The Morgan fingerprint density at radius 1 is 0.791 bits per heavy atom. The number of piperazine rings is 1. The molecule has 0 saturated carbocycles. The number of hydrogen-bond acceptors (Lipinski definition) is 4. The van der Waals surface area contributed by atoms with Gasteiger partial charge in [0.25, 0.3) is 11.8 Å². The average Bonchev–Trinajstić information content (AvgIpc) is 3.60. The second-order valence-electron chi connectivity index (χ2n) is 12.1. The number of fused-ring (bicyclic) bond motifs is 1. The molecule has 0 radical (unpaired) electrons. The maximum Gasteiger partial charge on any atom is 0.416 e. The molecule has 3 heterocycles. The molecule has 0 unspecified atom stereocenters.